The zero-order valence-corrected chi connectivity index (χ0v) is 21.7. The third-order valence-electron chi connectivity index (χ3n) is 6.92. The average Bonchev–Trinajstić information content (AvgIpc) is 3.56. The first-order valence-electron chi connectivity index (χ1n) is 12.7. The number of aryl methyl sites for hydroxylation is 1. The summed E-state index contributed by atoms with van der Waals surface area (Å²) in [5, 5.41) is 15.1. The fourth-order valence-corrected chi connectivity index (χ4v) is 5.05. The molecule has 0 aliphatic carbocycles. The molecular weight excluding hydrogens is 482 g/mol. The van der Waals surface area contributed by atoms with E-state index < -0.39 is 0 Å². The first-order valence-corrected chi connectivity index (χ1v) is 12.7. The van der Waals surface area contributed by atoms with Gasteiger partial charge in [0.2, 0.25) is 0 Å². The second-order valence-electron chi connectivity index (χ2n) is 9.51. The van der Waals surface area contributed by atoms with Gasteiger partial charge in [-0.3, -0.25) is 0 Å². The highest BCUT2D eigenvalue weighted by atomic mass is 15.4. The summed E-state index contributed by atoms with van der Waals surface area (Å²) in [4.78, 5) is 9.09. The van der Waals surface area contributed by atoms with Crippen molar-refractivity contribution in [2.24, 2.45) is 5.10 Å². The number of para-hydroxylation sites is 1. The molecule has 1 atom stereocenters. The van der Waals surface area contributed by atoms with Crippen LogP contribution in [0.4, 0.5) is 11.5 Å². The van der Waals surface area contributed by atoms with Gasteiger partial charge in [0.1, 0.15) is 24.0 Å². The number of imidazole rings is 1. The highest BCUT2D eigenvalue weighted by Crippen LogP contribution is 2.35. The normalized spacial score (nSPS) is 14.8. The van der Waals surface area contributed by atoms with Gasteiger partial charge in [-0.15, -0.1) is 4.68 Å². The van der Waals surface area contributed by atoms with Crippen LogP contribution >= 0.6 is 0 Å². The summed E-state index contributed by atoms with van der Waals surface area (Å²) in [6.45, 7) is 3.92. The molecule has 0 radical (unpaired) electrons. The minimum absolute atomic E-state index is 0.198. The molecule has 1 aliphatic rings. The molecule has 0 saturated heterocycles. The van der Waals surface area contributed by atoms with Crippen molar-refractivity contribution in [2.45, 2.75) is 19.8 Å². The molecule has 5 aromatic rings. The fraction of sp³-hybridized carbons (Fsp3) is 0.0938. The summed E-state index contributed by atoms with van der Waals surface area (Å²) < 4.78 is 3.88. The quantitative estimate of drug-likeness (QED) is 0.295. The second kappa shape index (κ2) is 9.84. The van der Waals surface area contributed by atoms with Crippen LogP contribution in [-0.2, 0) is 0 Å². The van der Waals surface area contributed by atoms with Gasteiger partial charge in [-0.2, -0.15) is 9.83 Å². The summed E-state index contributed by atoms with van der Waals surface area (Å²) in [5.41, 5.74) is 14.0. The van der Waals surface area contributed by atoms with Crippen molar-refractivity contribution in [3.05, 3.63) is 120 Å². The Balaban J connectivity index is 1.51. The summed E-state index contributed by atoms with van der Waals surface area (Å²) in [6, 6.07) is 32.7. The molecule has 2 aromatic heterocycles. The smallest absolute Gasteiger partial charge is 0.301 e. The van der Waals surface area contributed by atoms with Crippen LogP contribution in [0.25, 0.3) is 22.4 Å². The van der Waals surface area contributed by atoms with Crippen LogP contribution < -0.4 is 5.73 Å². The molecule has 1 unspecified atom stereocenters. The molecule has 0 fully saturated rings. The SMILES string of the molecule is CC1=N[N+](c2ccccc2)=C(n2cnc(C)c2)C1c1cc(-c2ccc(-c3ccccc3)cc2)nc(N)c1C#N. The van der Waals surface area contributed by atoms with Crippen molar-refractivity contribution in [1.29, 1.82) is 5.26 Å². The van der Waals surface area contributed by atoms with Gasteiger partial charge in [-0.25, -0.2) is 9.97 Å². The van der Waals surface area contributed by atoms with Gasteiger partial charge in [0.25, 0.3) is 0 Å². The van der Waals surface area contributed by atoms with Gasteiger partial charge in [-0.05, 0) is 48.7 Å². The lowest BCUT2D eigenvalue weighted by atomic mass is 9.89. The number of pyridine rings is 1. The number of hydrazone groups is 1. The van der Waals surface area contributed by atoms with Gasteiger partial charge >= 0.3 is 5.84 Å². The number of nitriles is 1. The van der Waals surface area contributed by atoms with Crippen LogP contribution in [0.1, 0.15) is 29.7 Å². The van der Waals surface area contributed by atoms with Crippen molar-refractivity contribution in [3.8, 4) is 28.5 Å². The van der Waals surface area contributed by atoms with E-state index in [0.717, 1.165) is 45.2 Å². The number of nitrogens with two attached hydrogens (primary N) is 1. The van der Waals surface area contributed by atoms with Crippen LogP contribution in [-0.4, -0.2) is 30.8 Å². The largest absolute Gasteiger partial charge is 0.383 e. The maximum Gasteiger partial charge on any atom is 0.301 e. The van der Waals surface area contributed by atoms with Crippen molar-refractivity contribution in [3.63, 3.8) is 0 Å². The van der Waals surface area contributed by atoms with Crippen molar-refractivity contribution >= 4 is 23.1 Å². The number of benzene rings is 3. The fourth-order valence-electron chi connectivity index (χ4n) is 5.05. The molecule has 7 nitrogen and oxygen atoms in total. The number of hydrogen-bond donors (Lipinski definition) is 1. The van der Waals surface area contributed by atoms with Gasteiger partial charge < -0.3 is 5.73 Å². The summed E-state index contributed by atoms with van der Waals surface area (Å²) in [6.07, 6.45) is 3.74. The number of hydrogen-bond acceptors (Lipinski definition) is 5. The van der Waals surface area contributed by atoms with E-state index in [1.54, 1.807) is 6.33 Å². The van der Waals surface area contributed by atoms with Crippen molar-refractivity contribution < 1.29 is 4.68 Å². The monoisotopic (exact) mass is 508 g/mol. The van der Waals surface area contributed by atoms with Gasteiger partial charge in [0.05, 0.1) is 22.7 Å². The Morgan fingerprint density at radius 1 is 0.872 bits per heavy atom. The van der Waals surface area contributed by atoms with Crippen LogP contribution in [0, 0.1) is 18.3 Å². The van der Waals surface area contributed by atoms with E-state index in [-0.39, 0.29) is 11.7 Å². The minimum atomic E-state index is -0.332. The van der Waals surface area contributed by atoms with Crippen LogP contribution in [0.5, 0.6) is 0 Å². The number of aromatic nitrogens is 3. The van der Waals surface area contributed by atoms with Gasteiger partial charge in [-0.1, -0.05) is 77.9 Å². The number of nitrogens with zero attached hydrogens (tertiary/aromatic N) is 6. The lowest BCUT2D eigenvalue weighted by Gasteiger charge is -2.15. The summed E-state index contributed by atoms with van der Waals surface area (Å²) >= 11 is 0. The van der Waals surface area contributed by atoms with Gasteiger partial charge in [0.15, 0.2) is 12.0 Å². The predicted octanol–water partition coefficient (Wildman–Crippen LogP) is 6.14. The van der Waals surface area contributed by atoms with E-state index >= 15 is 0 Å². The third-order valence-corrected chi connectivity index (χ3v) is 6.92. The zero-order valence-electron chi connectivity index (χ0n) is 21.7. The lowest BCUT2D eigenvalue weighted by Crippen LogP contribution is -2.27. The number of rotatable bonds is 4. The Kier molecular flexibility index (Phi) is 6.06. The second-order valence-corrected chi connectivity index (χ2v) is 9.51. The van der Waals surface area contributed by atoms with Crippen molar-refractivity contribution in [1.82, 2.24) is 14.5 Å². The van der Waals surface area contributed by atoms with E-state index in [4.69, 9.17) is 10.8 Å². The molecule has 0 amide bonds. The molecule has 188 valence electrons. The Hall–Kier alpha value is -5.35. The zero-order chi connectivity index (χ0) is 26.9. The molecular formula is C32H26N7+. The Labute approximate surface area is 226 Å². The molecule has 2 N–H and O–H groups in total. The highest BCUT2D eigenvalue weighted by molar-refractivity contribution is 6.12. The van der Waals surface area contributed by atoms with E-state index in [1.165, 1.54) is 0 Å². The molecule has 3 heterocycles. The van der Waals surface area contributed by atoms with E-state index in [0.29, 0.717) is 11.3 Å². The molecule has 6 rings (SSSR count). The maximum absolute atomic E-state index is 10.2. The molecule has 0 saturated carbocycles. The van der Waals surface area contributed by atoms with Crippen LogP contribution in [0.15, 0.2) is 109 Å². The average molecular weight is 509 g/mol. The topological polar surface area (TPSA) is 95.9 Å². The minimum Gasteiger partial charge on any atom is -0.383 e. The number of nitrogen functional groups attached to an aromatic ring is 1. The molecule has 39 heavy (non-hydrogen) atoms. The number of anilines is 1. The first kappa shape index (κ1) is 24.0. The molecule has 7 heteroatoms. The molecule has 0 bridgehead atoms. The molecule has 0 spiro atoms. The van der Waals surface area contributed by atoms with Crippen LogP contribution in [0.3, 0.4) is 0 Å². The van der Waals surface area contributed by atoms with E-state index in [2.05, 4.69) is 40.3 Å². The Bertz CT molecular complexity index is 1770. The third kappa shape index (κ3) is 4.38. The van der Waals surface area contributed by atoms with Gasteiger partial charge in [0, 0.05) is 5.56 Å². The summed E-state index contributed by atoms with van der Waals surface area (Å²) in [5.74, 6) is 0.720. The molecule has 3 aromatic carbocycles. The Morgan fingerprint density at radius 2 is 1.51 bits per heavy atom. The van der Waals surface area contributed by atoms with E-state index in [1.807, 2.05) is 96.0 Å². The Morgan fingerprint density at radius 3 is 2.15 bits per heavy atom. The van der Waals surface area contributed by atoms with E-state index in [9.17, 15) is 5.26 Å². The lowest BCUT2D eigenvalue weighted by molar-refractivity contribution is -0.444. The van der Waals surface area contributed by atoms with Crippen LogP contribution in [0.2, 0.25) is 0 Å². The van der Waals surface area contributed by atoms with Crippen molar-refractivity contribution in [2.75, 3.05) is 5.73 Å². The standard InChI is InChI=1S/C32H26N7/c1-21-19-38(20-35-21)32-30(22(2)37-39(32)26-11-7-4-8-12-26)27-17-29(36-31(34)28(27)18-33)25-15-13-24(14-16-25)23-9-5-3-6-10-23/h3-17,19-20,30H,1-2H3,(H2,34,36)/q+1. The maximum atomic E-state index is 10.2. The predicted molar refractivity (Wildman–Crippen MR) is 154 cm³/mol. The highest BCUT2D eigenvalue weighted by Gasteiger charge is 2.40. The summed E-state index contributed by atoms with van der Waals surface area (Å²) in [7, 11) is 0. The first-order chi connectivity index (χ1) is 19.0. The molecule has 1 aliphatic heterocycles.